The summed E-state index contributed by atoms with van der Waals surface area (Å²) in [7, 11) is 0. The Hall–Kier alpha value is -5.62. The van der Waals surface area contributed by atoms with E-state index in [1.165, 1.54) is 24.0 Å². The number of aromatic amines is 1. The first-order valence-corrected chi connectivity index (χ1v) is 14.9. The SMILES string of the molecule is C#CCOc1ccc(-c2cnc3c(Nc4ccc(C(=C)N5CCC(c6cnc[nH]6)CC5)c(Cl)c4)nccn23)c(F)c1F.O=C(O)C(F)(F)F. The van der Waals surface area contributed by atoms with Crippen LogP contribution in [-0.4, -0.2) is 66.2 Å². The number of anilines is 2. The number of aromatic nitrogens is 5. The number of carboxylic acids is 1. The topological polar surface area (TPSA) is 121 Å². The van der Waals surface area contributed by atoms with E-state index in [1.54, 1.807) is 29.2 Å². The van der Waals surface area contributed by atoms with E-state index in [4.69, 9.17) is 32.7 Å². The number of hydrogen-bond acceptors (Lipinski definition) is 7. The number of nitrogens with zero attached hydrogens (tertiary/aromatic N) is 5. The van der Waals surface area contributed by atoms with E-state index in [2.05, 4.69) is 42.7 Å². The van der Waals surface area contributed by atoms with Crippen molar-refractivity contribution in [3.05, 3.63) is 95.9 Å². The zero-order valence-corrected chi connectivity index (χ0v) is 26.2. The molecule has 3 aromatic heterocycles. The Bertz CT molecular complexity index is 2020. The molecule has 5 aromatic rings. The quantitative estimate of drug-likeness (QED) is 0.114. The second-order valence-corrected chi connectivity index (χ2v) is 11.1. The van der Waals surface area contributed by atoms with E-state index in [1.807, 2.05) is 18.3 Å². The van der Waals surface area contributed by atoms with E-state index in [9.17, 15) is 22.0 Å². The average molecular weight is 700 g/mol. The third-order valence-corrected chi connectivity index (χ3v) is 8.00. The second-order valence-electron chi connectivity index (χ2n) is 10.7. The van der Waals surface area contributed by atoms with Crippen LogP contribution in [0.4, 0.5) is 33.5 Å². The van der Waals surface area contributed by atoms with Gasteiger partial charge in [0.05, 0.1) is 23.2 Å². The van der Waals surface area contributed by atoms with Crippen LogP contribution in [-0.2, 0) is 4.79 Å². The van der Waals surface area contributed by atoms with Gasteiger partial charge in [-0.15, -0.1) is 6.42 Å². The van der Waals surface area contributed by atoms with Crippen molar-refractivity contribution in [2.45, 2.75) is 24.9 Å². The molecule has 0 bridgehead atoms. The van der Waals surface area contributed by atoms with Crippen molar-refractivity contribution in [3.63, 3.8) is 0 Å². The normalized spacial score (nSPS) is 13.4. The maximum atomic E-state index is 15.0. The molecule has 0 unspecified atom stereocenters. The first-order chi connectivity index (χ1) is 23.4. The molecule has 0 saturated carbocycles. The van der Waals surface area contributed by atoms with Crippen LogP contribution in [0.1, 0.15) is 30.0 Å². The zero-order valence-electron chi connectivity index (χ0n) is 25.4. The van der Waals surface area contributed by atoms with E-state index >= 15 is 0 Å². The molecule has 2 aromatic carbocycles. The van der Waals surface area contributed by atoms with Crippen LogP contribution in [0.5, 0.6) is 5.75 Å². The number of imidazole rings is 2. The number of piperidine rings is 1. The molecule has 0 aliphatic carbocycles. The molecule has 0 atom stereocenters. The number of nitrogens with one attached hydrogen (secondary N) is 2. The number of carbonyl (C=O) groups is 1. The van der Waals surface area contributed by atoms with Gasteiger partial charge in [-0.1, -0.05) is 24.1 Å². The summed E-state index contributed by atoms with van der Waals surface area (Å²) in [6.07, 6.45) is 10.3. The largest absolute Gasteiger partial charge is 0.490 e. The minimum Gasteiger partial charge on any atom is -0.478 e. The summed E-state index contributed by atoms with van der Waals surface area (Å²) >= 11 is 6.72. The summed E-state index contributed by atoms with van der Waals surface area (Å²) in [5.74, 6) is -2.09. The number of halogens is 6. The third-order valence-electron chi connectivity index (χ3n) is 7.68. The van der Waals surface area contributed by atoms with E-state index in [-0.39, 0.29) is 17.9 Å². The molecule has 4 heterocycles. The Labute approximate surface area is 281 Å². The molecule has 1 fully saturated rings. The second kappa shape index (κ2) is 14.7. The van der Waals surface area contributed by atoms with Crippen molar-refractivity contribution >= 4 is 40.4 Å². The minimum absolute atomic E-state index is 0.0183. The number of aliphatic carboxylic acids is 1. The monoisotopic (exact) mass is 699 g/mol. The molecule has 1 saturated heterocycles. The van der Waals surface area contributed by atoms with Crippen molar-refractivity contribution in [2.75, 3.05) is 25.0 Å². The van der Waals surface area contributed by atoms with Crippen molar-refractivity contribution in [2.24, 2.45) is 0 Å². The number of ether oxygens (including phenoxy) is 1. The molecule has 0 spiro atoms. The fraction of sp³-hybridized carbons (Fsp3) is 0.212. The predicted molar refractivity (Wildman–Crippen MR) is 172 cm³/mol. The summed E-state index contributed by atoms with van der Waals surface area (Å²) < 4.78 is 68.0. The van der Waals surface area contributed by atoms with Gasteiger partial charge in [0.15, 0.2) is 23.0 Å². The van der Waals surface area contributed by atoms with Crippen LogP contribution in [0.15, 0.2) is 68.0 Å². The summed E-state index contributed by atoms with van der Waals surface area (Å²) in [5, 5.41) is 10.9. The number of carboxylic acid groups (broad SMARTS) is 1. The van der Waals surface area contributed by atoms with Gasteiger partial charge in [-0.05, 0) is 43.2 Å². The fourth-order valence-corrected chi connectivity index (χ4v) is 5.54. The van der Waals surface area contributed by atoms with Crippen LogP contribution in [0, 0.1) is 24.0 Å². The minimum atomic E-state index is -5.08. The molecule has 3 N–H and O–H groups in total. The van der Waals surface area contributed by atoms with Gasteiger partial charge >= 0.3 is 12.1 Å². The van der Waals surface area contributed by atoms with Crippen molar-refractivity contribution in [1.29, 1.82) is 0 Å². The standard InChI is InChI=1S/C31H26ClF2N7O.C2HF3O2/c1-3-14-42-27-7-6-23(28(33)29(27)34)26-17-37-31-30(36-10-13-41(26)31)39-21-4-5-22(24(32)15-21)19(2)40-11-8-20(9-12-40)25-16-35-18-38-25;3-2(4,5)1(6)7/h1,4-7,10,13,15-18,20H,2,8-9,11-12,14H2,(H,35,38)(H,36,39);(H,6,7). The van der Waals surface area contributed by atoms with E-state index in [0.717, 1.165) is 37.2 Å². The Morgan fingerprint density at radius 3 is 2.53 bits per heavy atom. The van der Waals surface area contributed by atoms with E-state index in [0.29, 0.717) is 33.8 Å². The van der Waals surface area contributed by atoms with E-state index < -0.39 is 23.8 Å². The van der Waals surface area contributed by atoms with Crippen LogP contribution in [0.25, 0.3) is 22.6 Å². The highest BCUT2D eigenvalue weighted by molar-refractivity contribution is 6.32. The van der Waals surface area contributed by atoms with Gasteiger partial charge in [0, 0.05) is 65.8 Å². The van der Waals surface area contributed by atoms with Gasteiger partial charge in [0.2, 0.25) is 5.82 Å². The number of terminal acetylenes is 1. The molecule has 6 rings (SSSR count). The number of hydrogen-bond donors (Lipinski definition) is 3. The lowest BCUT2D eigenvalue weighted by atomic mass is 9.93. The molecule has 254 valence electrons. The Kier molecular flexibility index (Phi) is 10.4. The number of rotatable bonds is 8. The number of likely N-dealkylation sites (tertiary alicyclic amines) is 1. The highest BCUT2D eigenvalue weighted by atomic mass is 35.5. The van der Waals surface area contributed by atoms with Gasteiger partial charge < -0.3 is 25.0 Å². The smallest absolute Gasteiger partial charge is 0.478 e. The van der Waals surface area contributed by atoms with Crippen molar-refractivity contribution in [3.8, 4) is 29.4 Å². The molecule has 49 heavy (non-hydrogen) atoms. The fourth-order valence-electron chi connectivity index (χ4n) is 5.25. The maximum absolute atomic E-state index is 15.0. The third kappa shape index (κ3) is 7.76. The van der Waals surface area contributed by atoms with Gasteiger partial charge in [-0.25, -0.2) is 24.1 Å². The Morgan fingerprint density at radius 2 is 1.90 bits per heavy atom. The first-order valence-electron chi connectivity index (χ1n) is 14.5. The molecule has 0 amide bonds. The lowest BCUT2D eigenvalue weighted by Gasteiger charge is -2.34. The highest BCUT2D eigenvalue weighted by Crippen LogP contribution is 2.35. The highest BCUT2D eigenvalue weighted by Gasteiger charge is 2.38. The van der Waals surface area contributed by atoms with Gasteiger partial charge in [-0.2, -0.15) is 17.6 Å². The van der Waals surface area contributed by atoms with Crippen LogP contribution < -0.4 is 10.1 Å². The van der Waals surface area contributed by atoms with Crippen molar-refractivity contribution in [1.82, 2.24) is 29.2 Å². The lowest BCUT2D eigenvalue weighted by molar-refractivity contribution is -0.192. The number of alkyl halides is 3. The molecule has 0 radical (unpaired) electrons. The van der Waals surface area contributed by atoms with Crippen LogP contribution >= 0.6 is 11.6 Å². The summed E-state index contributed by atoms with van der Waals surface area (Å²) in [6.45, 7) is 5.89. The van der Waals surface area contributed by atoms with Gasteiger partial charge in [0.1, 0.15) is 6.61 Å². The Balaban J connectivity index is 0.000000606. The number of benzene rings is 2. The van der Waals surface area contributed by atoms with Crippen LogP contribution in [0.3, 0.4) is 0 Å². The lowest BCUT2D eigenvalue weighted by Crippen LogP contribution is -2.31. The first kappa shape index (κ1) is 34.7. The number of fused-ring (bicyclic) bond motifs is 1. The Morgan fingerprint density at radius 1 is 1.16 bits per heavy atom. The molecule has 1 aliphatic rings. The van der Waals surface area contributed by atoms with Gasteiger partial charge in [-0.3, -0.25) is 4.40 Å². The summed E-state index contributed by atoms with van der Waals surface area (Å²) in [5.41, 5.74) is 4.36. The summed E-state index contributed by atoms with van der Waals surface area (Å²) in [4.78, 5) is 27.3. The maximum Gasteiger partial charge on any atom is 0.490 e. The molecule has 10 nitrogen and oxygen atoms in total. The van der Waals surface area contributed by atoms with Crippen molar-refractivity contribution < 1.29 is 36.6 Å². The number of H-pyrrole nitrogens is 1. The van der Waals surface area contributed by atoms with Crippen LogP contribution in [0.2, 0.25) is 5.02 Å². The molecular formula is C33H27ClF5N7O3. The molecule has 1 aliphatic heterocycles. The summed E-state index contributed by atoms with van der Waals surface area (Å²) in [6, 6.07) is 8.38. The molecule has 16 heteroatoms. The average Bonchev–Trinajstić information content (AvgIpc) is 3.77. The zero-order chi connectivity index (χ0) is 35.3. The van der Waals surface area contributed by atoms with Gasteiger partial charge in [0.25, 0.3) is 0 Å². The predicted octanol–water partition coefficient (Wildman–Crippen LogP) is 7.29. The molecular weight excluding hydrogens is 673 g/mol.